The molecular formula is C15H27NO4. The molecule has 1 aliphatic carbocycles. The van der Waals surface area contributed by atoms with Crippen LogP contribution in [0.4, 0.5) is 0 Å². The zero-order chi connectivity index (χ0) is 15.7. The second kappa shape index (κ2) is 5.72. The quantitative estimate of drug-likeness (QED) is 0.780. The van der Waals surface area contributed by atoms with Gasteiger partial charge in [0.25, 0.3) is 0 Å². The van der Waals surface area contributed by atoms with Crippen molar-refractivity contribution in [2.75, 3.05) is 7.11 Å². The maximum absolute atomic E-state index is 12.1. The topological polar surface area (TPSA) is 78.6 Å². The maximum Gasteiger partial charge on any atom is 0.324 e. The number of hydrogen-bond acceptors (Lipinski definition) is 5. The van der Waals surface area contributed by atoms with Crippen LogP contribution in [0.1, 0.15) is 47.5 Å². The zero-order valence-corrected chi connectivity index (χ0v) is 13.4. The standard InChI is InChI=1S/C15H27NO4/c1-9(2)7-10-8-15(10,13(18)19-6)11(16)12(17)20-14(3,4)5/h9-11H,7-8,16H2,1-6H3. The van der Waals surface area contributed by atoms with Crippen molar-refractivity contribution in [3.8, 4) is 0 Å². The summed E-state index contributed by atoms with van der Waals surface area (Å²) in [5.74, 6) is -0.398. The lowest BCUT2D eigenvalue weighted by Crippen LogP contribution is -2.48. The SMILES string of the molecule is COC(=O)C1(C(N)C(=O)OC(C)(C)C)CC1CC(C)C. The molecular weight excluding hydrogens is 258 g/mol. The number of carbonyl (C=O) groups is 2. The second-order valence-corrected chi connectivity index (χ2v) is 7.07. The fourth-order valence-corrected chi connectivity index (χ4v) is 2.73. The van der Waals surface area contributed by atoms with E-state index >= 15 is 0 Å². The molecule has 0 bridgehead atoms. The zero-order valence-electron chi connectivity index (χ0n) is 13.4. The number of nitrogens with two attached hydrogens (primary N) is 1. The maximum atomic E-state index is 12.1. The average molecular weight is 285 g/mol. The van der Waals surface area contributed by atoms with Gasteiger partial charge < -0.3 is 15.2 Å². The fourth-order valence-electron chi connectivity index (χ4n) is 2.73. The largest absolute Gasteiger partial charge is 0.469 e. The summed E-state index contributed by atoms with van der Waals surface area (Å²) in [6, 6.07) is -0.960. The van der Waals surface area contributed by atoms with Gasteiger partial charge in [0.1, 0.15) is 11.6 Å². The van der Waals surface area contributed by atoms with Crippen molar-refractivity contribution in [3.63, 3.8) is 0 Å². The molecule has 0 aromatic heterocycles. The Morgan fingerprint density at radius 2 is 1.90 bits per heavy atom. The summed E-state index contributed by atoms with van der Waals surface area (Å²) in [5, 5.41) is 0. The summed E-state index contributed by atoms with van der Waals surface area (Å²) in [4.78, 5) is 24.2. The smallest absolute Gasteiger partial charge is 0.324 e. The fraction of sp³-hybridized carbons (Fsp3) is 0.867. The lowest BCUT2D eigenvalue weighted by molar-refractivity contribution is -0.164. The molecule has 2 N–H and O–H groups in total. The Labute approximate surface area is 121 Å². The van der Waals surface area contributed by atoms with E-state index in [9.17, 15) is 9.59 Å². The minimum Gasteiger partial charge on any atom is -0.469 e. The number of hydrogen-bond donors (Lipinski definition) is 1. The molecule has 3 unspecified atom stereocenters. The van der Waals surface area contributed by atoms with E-state index in [0.29, 0.717) is 12.3 Å². The molecule has 0 aromatic rings. The molecule has 1 saturated carbocycles. The molecule has 0 aliphatic heterocycles. The number of rotatable bonds is 5. The van der Waals surface area contributed by atoms with Crippen LogP contribution in [0.5, 0.6) is 0 Å². The Hall–Kier alpha value is -1.10. The van der Waals surface area contributed by atoms with Gasteiger partial charge in [-0.15, -0.1) is 0 Å². The van der Waals surface area contributed by atoms with Gasteiger partial charge in [-0.3, -0.25) is 9.59 Å². The Balaban J connectivity index is 2.86. The minimum atomic E-state index is -0.960. The first kappa shape index (κ1) is 17.0. The first-order chi connectivity index (χ1) is 9.04. The van der Waals surface area contributed by atoms with Crippen LogP contribution in [0.25, 0.3) is 0 Å². The molecule has 0 aromatic carbocycles. The lowest BCUT2D eigenvalue weighted by atomic mass is 9.90. The van der Waals surface area contributed by atoms with E-state index in [4.69, 9.17) is 15.2 Å². The summed E-state index contributed by atoms with van der Waals surface area (Å²) >= 11 is 0. The monoisotopic (exact) mass is 285 g/mol. The van der Waals surface area contributed by atoms with E-state index in [-0.39, 0.29) is 5.92 Å². The van der Waals surface area contributed by atoms with Crippen molar-refractivity contribution >= 4 is 11.9 Å². The van der Waals surface area contributed by atoms with Crippen molar-refractivity contribution in [1.82, 2.24) is 0 Å². The van der Waals surface area contributed by atoms with Crippen LogP contribution in [0.3, 0.4) is 0 Å². The Bertz CT molecular complexity index is 386. The van der Waals surface area contributed by atoms with Gasteiger partial charge in [0, 0.05) is 0 Å². The third kappa shape index (κ3) is 3.51. The van der Waals surface area contributed by atoms with Gasteiger partial charge in [0.05, 0.1) is 12.5 Å². The van der Waals surface area contributed by atoms with Gasteiger partial charge in [-0.2, -0.15) is 0 Å². The van der Waals surface area contributed by atoms with Gasteiger partial charge >= 0.3 is 11.9 Å². The van der Waals surface area contributed by atoms with Crippen molar-refractivity contribution in [1.29, 1.82) is 0 Å². The number of methoxy groups -OCH3 is 1. The third-order valence-electron chi connectivity index (χ3n) is 3.69. The lowest BCUT2D eigenvalue weighted by Gasteiger charge is -2.26. The molecule has 0 saturated heterocycles. The van der Waals surface area contributed by atoms with E-state index in [0.717, 1.165) is 6.42 Å². The van der Waals surface area contributed by atoms with E-state index in [1.807, 2.05) is 0 Å². The number of esters is 2. The van der Waals surface area contributed by atoms with Gasteiger partial charge in [-0.1, -0.05) is 13.8 Å². The Morgan fingerprint density at radius 3 is 2.30 bits per heavy atom. The molecule has 0 radical (unpaired) electrons. The van der Waals surface area contributed by atoms with Gasteiger partial charge in [-0.25, -0.2) is 0 Å². The van der Waals surface area contributed by atoms with Crippen LogP contribution in [0, 0.1) is 17.3 Å². The highest BCUT2D eigenvalue weighted by Crippen LogP contribution is 2.58. The number of carbonyl (C=O) groups excluding carboxylic acids is 2. The molecule has 3 atom stereocenters. The highest BCUT2D eigenvalue weighted by atomic mass is 16.6. The first-order valence-corrected chi connectivity index (χ1v) is 7.11. The van der Waals surface area contributed by atoms with Crippen molar-refractivity contribution in [2.24, 2.45) is 23.0 Å². The van der Waals surface area contributed by atoms with Crippen LogP contribution in [-0.4, -0.2) is 30.7 Å². The molecule has 0 amide bonds. The van der Waals surface area contributed by atoms with Crippen LogP contribution in [0.15, 0.2) is 0 Å². The normalized spacial score (nSPS) is 27.1. The average Bonchev–Trinajstić information content (AvgIpc) is 2.99. The van der Waals surface area contributed by atoms with E-state index in [1.54, 1.807) is 20.8 Å². The predicted molar refractivity (Wildman–Crippen MR) is 75.8 cm³/mol. The molecule has 116 valence electrons. The molecule has 1 aliphatic rings. The number of ether oxygens (including phenoxy) is 2. The first-order valence-electron chi connectivity index (χ1n) is 7.11. The molecule has 20 heavy (non-hydrogen) atoms. The Morgan fingerprint density at radius 1 is 1.35 bits per heavy atom. The van der Waals surface area contributed by atoms with Crippen LogP contribution in [0.2, 0.25) is 0 Å². The van der Waals surface area contributed by atoms with Gasteiger partial charge in [-0.05, 0) is 45.4 Å². The van der Waals surface area contributed by atoms with E-state index in [1.165, 1.54) is 7.11 Å². The van der Waals surface area contributed by atoms with E-state index < -0.39 is 29.0 Å². The highest BCUT2D eigenvalue weighted by molar-refractivity contribution is 5.90. The summed E-state index contributed by atoms with van der Waals surface area (Å²) < 4.78 is 10.2. The summed E-state index contributed by atoms with van der Waals surface area (Å²) in [7, 11) is 1.33. The molecule has 0 heterocycles. The summed E-state index contributed by atoms with van der Waals surface area (Å²) in [6.07, 6.45) is 1.45. The molecule has 5 nitrogen and oxygen atoms in total. The van der Waals surface area contributed by atoms with Crippen LogP contribution < -0.4 is 5.73 Å². The van der Waals surface area contributed by atoms with Crippen LogP contribution >= 0.6 is 0 Å². The summed E-state index contributed by atoms with van der Waals surface area (Å²) in [5.41, 5.74) is 4.51. The predicted octanol–water partition coefficient (Wildman–Crippen LogP) is 1.88. The van der Waals surface area contributed by atoms with Crippen molar-refractivity contribution in [3.05, 3.63) is 0 Å². The van der Waals surface area contributed by atoms with Crippen molar-refractivity contribution in [2.45, 2.75) is 59.1 Å². The van der Waals surface area contributed by atoms with Gasteiger partial charge in [0.15, 0.2) is 0 Å². The minimum absolute atomic E-state index is 0.0949. The molecule has 1 rings (SSSR count). The van der Waals surface area contributed by atoms with E-state index in [2.05, 4.69) is 13.8 Å². The highest BCUT2D eigenvalue weighted by Gasteiger charge is 2.66. The third-order valence-corrected chi connectivity index (χ3v) is 3.69. The summed E-state index contributed by atoms with van der Waals surface area (Å²) in [6.45, 7) is 9.50. The second-order valence-electron chi connectivity index (χ2n) is 7.07. The molecule has 0 spiro atoms. The molecule has 1 fully saturated rings. The Kier molecular flexibility index (Phi) is 4.85. The van der Waals surface area contributed by atoms with Crippen molar-refractivity contribution < 1.29 is 19.1 Å². The van der Waals surface area contributed by atoms with Crippen LogP contribution in [-0.2, 0) is 19.1 Å². The van der Waals surface area contributed by atoms with Gasteiger partial charge in [0.2, 0.25) is 0 Å². The molecule has 5 heteroatoms.